The van der Waals surface area contributed by atoms with Crippen molar-refractivity contribution in [3.63, 3.8) is 0 Å². The van der Waals surface area contributed by atoms with Crippen LogP contribution in [-0.2, 0) is 0 Å². The van der Waals surface area contributed by atoms with Gasteiger partial charge in [0.25, 0.3) is 5.91 Å². The smallest absolute Gasteiger partial charge is 0.277 e. The van der Waals surface area contributed by atoms with E-state index < -0.39 is 0 Å². The largest absolute Gasteiger partial charge is 0.369 e. The number of carbonyl (C=O) groups is 1. The highest BCUT2D eigenvalue weighted by molar-refractivity contribution is 6.02. The summed E-state index contributed by atoms with van der Waals surface area (Å²) in [5.41, 5.74) is 0.272. The van der Waals surface area contributed by atoms with E-state index in [9.17, 15) is 4.79 Å². The molecule has 0 saturated carbocycles. The maximum Gasteiger partial charge on any atom is 0.277 e. The third-order valence-electron chi connectivity index (χ3n) is 2.84. The van der Waals surface area contributed by atoms with Crippen LogP contribution in [0.5, 0.6) is 0 Å². The number of hydrogen-bond donors (Lipinski definition) is 2. The minimum atomic E-state index is -0.299. The molecular weight excluding hydrogens is 268 g/mol. The minimum Gasteiger partial charge on any atom is -0.369 e. The van der Waals surface area contributed by atoms with E-state index in [0.717, 1.165) is 13.0 Å². The zero-order valence-electron chi connectivity index (χ0n) is 12.5. The Labute approximate surface area is 123 Å². The Kier molecular flexibility index (Phi) is 4.86. The molecule has 0 spiro atoms. The van der Waals surface area contributed by atoms with E-state index in [2.05, 4.69) is 32.6 Å². The predicted octanol–water partition coefficient (Wildman–Crippen LogP) is 2.33. The van der Waals surface area contributed by atoms with Gasteiger partial charge in [0, 0.05) is 18.7 Å². The maximum atomic E-state index is 12.1. The summed E-state index contributed by atoms with van der Waals surface area (Å²) < 4.78 is 1.74. The van der Waals surface area contributed by atoms with Gasteiger partial charge in [0.1, 0.15) is 17.3 Å². The predicted molar refractivity (Wildman–Crippen MR) is 81.4 cm³/mol. The summed E-state index contributed by atoms with van der Waals surface area (Å²) in [5.74, 6) is 1.01. The summed E-state index contributed by atoms with van der Waals surface area (Å²) in [6, 6.07) is 1.92. The van der Waals surface area contributed by atoms with Gasteiger partial charge in [-0.15, -0.1) is 0 Å². The van der Waals surface area contributed by atoms with E-state index in [1.54, 1.807) is 23.1 Å². The lowest BCUT2D eigenvalue weighted by Crippen LogP contribution is -2.18. The van der Waals surface area contributed by atoms with E-state index in [1.165, 1.54) is 6.20 Å². The van der Waals surface area contributed by atoms with Crippen LogP contribution < -0.4 is 10.6 Å². The van der Waals surface area contributed by atoms with Gasteiger partial charge in [-0.3, -0.25) is 4.79 Å². The fraction of sp³-hybridized carbons (Fsp3) is 0.429. The Morgan fingerprint density at radius 3 is 2.76 bits per heavy atom. The molecule has 0 fully saturated rings. The van der Waals surface area contributed by atoms with Crippen LogP contribution in [0.3, 0.4) is 0 Å². The number of amides is 1. The number of rotatable bonds is 6. The molecule has 0 atom stereocenters. The van der Waals surface area contributed by atoms with Gasteiger partial charge in [-0.2, -0.15) is 5.10 Å². The Morgan fingerprint density at radius 2 is 2.14 bits per heavy atom. The highest BCUT2D eigenvalue weighted by Crippen LogP contribution is 2.14. The number of nitrogens with zero attached hydrogens (tertiary/aromatic N) is 4. The van der Waals surface area contributed by atoms with Gasteiger partial charge in [0.2, 0.25) is 0 Å². The molecule has 7 heteroatoms. The monoisotopic (exact) mass is 288 g/mol. The van der Waals surface area contributed by atoms with Gasteiger partial charge in [-0.05, 0) is 20.3 Å². The van der Waals surface area contributed by atoms with Crippen molar-refractivity contribution in [2.75, 3.05) is 17.2 Å². The molecule has 0 bridgehead atoms. The van der Waals surface area contributed by atoms with Gasteiger partial charge in [-0.1, -0.05) is 6.92 Å². The average molecular weight is 288 g/mol. The molecule has 1 amide bonds. The Bertz CT molecular complexity index is 590. The van der Waals surface area contributed by atoms with E-state index in [-0.39, 0.29) is 17.6 Å². The van der Waals surface area contributed by atoms with Gasteiger partial charge >= 0.3 is 0 Å². The summed E-state index contributed by atoms with van der Waals surface area (Å²) >= 11 is 0. The fourth-order valence-corrected chi connectivity index (χ4v) is 1.79. The second-order valence-corrected chi connectivity index (χ2v) is 4.92. The molecule has 0 aliphatic carbocycles. The van der Waals surface area contributed by atoms with Crippen molar-refractivity contribution in [3.8, 4) is 0 Å². The molecule has 0 aliphatic rings. The zero-order chi connectivity index (χ0) is 15.2. The van der Waals surface area contributed by atoms with Crippen molar-refractivity contribution < 1.29 is 4.79 Å². The van der Waals surface area contributed by atoms with Crippen molar-refractivity contribution >= 4 is 17.5 Å². The molecule has 0 saturated heterocycles. The number of carbonyl (C=O) groups excluding carboxylic acids is 1. The Balaban J connectivity index is 2.04. The van der Waals surface area contributed by atoms with Crippen molar-refractivity contribution in [1.82, 2.24) is 19.7 Å². The molecule has 7 nitrogen and oxygen atoms in total. The first-order chi connectivity index (χ1) is 10.1. The summed E-state index contributed by atoms with van der Waals surface area (Å²) in [4.78, 5) is 20.4. The fourth-order valence-electron chi connectivity index (χ4n) is 1.79. The highest BCUT2D eigenvalue weighted by atomic mass is 16.2. The van der Waals surface area contributed by atoms with Crippen LogP contribution in [0, 0.1) is 0 Å². The van der Waals surface area contributed by atoms with E-state index in [4.69, 9.17) is 0 Å². The molecule has 2 aromatic rings. The molecule has 0 radical (unpaired) electrons. The molecule has 112 valence electrons. The van der Waals surface area contributed by atoms with E-state index in [0.29, 0.717) is 11.6 Å². The Hall–Kier alpha value is -2.44. The van der Waals surface area contributed by atoms with Crippen LogP contribution in [0.2, 0.25) is 0 Å². The van der Waals surface area contributed by atoms with Gasteiger partial charge in [-0.25, -0.2) is 14.6 Å². The minimum absolute atomic E-state index is 0.169. The van der Waals surface area contributed by atoms with Crippen LogP contribution >= 0.6 is 0 Å². The SMILES string of the molecule is CCCNc1cnc(C(=O)Nc2ccnn2C(C)C)cn1. The van der Waals surface area contributed by atoms with E-state index in [1.807, 2.05) is 13.8 Å². The normalized spacial score (nSPS) is 10.7. The Morgan fingerprint density at radius 1 is 1.33 bits per heavy atom. The van der Waals surface area contributed by atoms with Gasteiger partial charge in [0.15, 0.2) is 0 Å². The molecule has 2 rings (SSSR count). The van der Waals surface area contributed by atoms with Crippen LogP contribution in [0.4, 0.5) is 11.6 Å². The quantitative estimate of drug-likeness (QED) is 0.852. The lowest BCUT2D eigenvalue weighted by molar-refractivity contribution is 0.102. The van der Waals surface area contributed by atoms with Crippen LogP contribution in [0.1, 0.15) is 43.7 Å². The zero-order valence-corrected chi connectivity index (χ0v) is 12.5. The molecular formula is C14H20N6O. The van der Waals surface area contributed by atoms with Crippen LogP contribution in [0.25, 0.3) is 0 Å². The second kappa shape index (κ2) is 6.83. The maximum absolute atomic E-state index is 12.1. The van der Waals surface area contributed by atoms with Crippen molar-refractivity contribution in [2.45, 2.75) is 33.2 Å². The van der Waals surface area contributed by atoms with Crippen LogP contribution in [-0.4, -0.2) is 32.2 Å². The summed E-state index contributed by atoms with van der Waals surface area (Å²) in [7, 11) is 0. The first-order valence-corrected chi connectivity index (χ1v) is 7.02. The summed E-state index contributed by atoms with van der Waals surface area (Å²) in [5, 5.41) is 10.1. The highest BCUT2D eigenvalue weighted by Gasteiger charge is 2.12. The number of hydrogen-bond acceptors (Lipinski definition) is 5. The summed E-state index contributed by atoms with van der Waals surface area (Å²) in [6.07, 6.45) is 5.68. The second-order valence-electron chi connectivity index (χ2n) is 4.92. The molecule has 2 heterocycles. The first kappa shape index (κ1) is 15.0. The third kappa shape index (κ3) is 3.77. The number of nitrogens with one attached hydrogen (secondary N) is 2. The number of aromatic nitrogens is 4. The molecule has 0 aromatic carbocycles. The third-order valence-corrected chi connectivity index (χ3v) is 2.84. The van der Waals surface area contributed by atoms with Crippen LogP contribution in [0.15, 0.2) is 24.7 Å². The molecule has 2 aromatic heterocycles. The molecule has 2 N–H and O–H groups in total. The lowest BCUT2D eigenvalue weighted by Gasteiger charge is -2.11. The van der Waals surface area contributed by atoms with E-state index >= 15 is 0 Å². The average Bonchev–Trinajstić information content (AvgIpc) is 2.94. The molecule has 0 unspecified atom stereocenters. The lowest BCUT2D eigenvalue weighted by atomic mass is 10.4. The molecule has 21 heavy (non-hydrogen) atoms. The first-order valence-electron chi connectivity index (χ1n) is 7.02. The van der Waals surface area contributed by atoms with Gasteiger partial charge < -0.3 is 10.6 Å². The summed E-state index contributed by atoms with van der Waals surface area (Å²) in [6.45, 7) is 6.89. The molecule has 0 aliphatic heterocycles. The standard InChI is InChI=1S/C14H20N6O/c1-4-6-15-12-9-16-11(8-17-12)14(21)19-13-5-7-18-20(13)10(2)3/h5,7-10H,4,6H2,1-3H3,(H,15,17)(H,19,21). The van der Waals surface area contributed by atoms with Crippen molar-refractivity contribution in [1.29, 1.82) is 0 Å². The topological polar surface area (TPSA) is 84.7 Å². The number of anilines is 2. The van der Waals surface area contributed by atoms with Crippen molar-refractivity contribution in [2.24, 2.45) is 0 Å². The van der Waals surface area contributed by atoms with Crippen molar-refractivity contribution in [3.05, 3.63) is 30.4 Å². The van der Waals surface area contributed by atoms with Gasteiger partial charge in [0.05, 0.1) is 18.6 Å².